The quantitative estimate of drug-likeness (QED) is 0.664. The molecule has 0 radical (unpaired) electrons. The van der Waals surface area contributed by atoms with Gasteiger partial charge in [-0.3, -0.25) is 0 Å². The first-order valence-corrected chi connectivity index (χ1v) is 6.47. The Hall–Kier alpha value is -0.300. The molecule has 0 nitrogen and oxygen atoms in total. The Morgan fingerprint density at radius 2 is 1.93 bits per heavy atom. The third kappa shape index (κ3) is 1.05. The van der Waals surface area contributed by atoms with E-state index in [1.54, 1.807) is 5.56 Å². The van der Waals surface area contributed by atoms with Gasteiger partial charge in [0, 0.05) is 10.2 Å². The lowest BCUT2D eigenvalue weighted by molar-refractivity contribution is 0.428. The molecule has 0 aromatic heterocycles. The second-order valence-electron chi connectivity index (χ2n) is 4.66. The molecule has 14 heavy (non-hydrogen) atoms. The lowest BCUT2D eigenvalue weighted by Gasteiger charge is -2.22. The molecule has 0 aliphatic heterocycles. The zero-order valence-corrected chi connectivity index (χ0v) is 9.83. The Morgan fingerprint density at radius 3 is 2.64 bits per heavy atom. The van der Waals surface area contributed by atoms with Gasteiger partial charge in [0.2, 0.25) is 0 Å². The summed E-state index contributed by atoms with van der Waals surface area (Å²) in [7, 11) is 0. The summed E-state index contributed by atoms with van der Waals surface area (Å²) in [6.45, 7) is 0. The van der Waals surface area contributed by atoms with Crippen molar-refractivity contribution in [3.63, 3.8) is 0 Å². The highest BCUT2D eigenvalue weighted by molar-refractivity contribution is 9.09. The van der Waals surface area contributed by atoms with Crippen LogP contribution < -0.4 is 0 Å². The molecule has 0 amide bonds. The maximum absolute atomic E-state index is 3.87. The molecule has 2 saturated carbocycles. The van der Waals surface area contributed by atoms with Crippen LogP contribution in [0.3, 0.4) is 0 Å². The molecule has 74 valence electrons. The van der Waals surface area contributed by atoms with Crippen LogP contribution in [0.15, 0.2) is 30.3 Å². The normalized spacial score (nSPS) is 40.4. The average molecular weight is 251 g/mol. The molecular formula is C13H15Br. The fourth-order valence-electron chi connectivity index (χ4n) is 3.24. The smallest absolute Gasteiger partial charge is 0.0282 e. The summed E-state index contributed by atoms with van der Waals surface area (Å²) in [5, 5.41) is 0. The zero-order chi connectivity index (χ0) is 9.60. The molecule has 0 spiro atoms. The maximum Gasteiger partial charge on any atom is 0.0282 e. The van der Waals surface area contributed by atoms with Crippen LogP contribution in [0.4, 0.5) is 0 Å². The van der Waals surface area contributed by atoms with Gasteiger partial charge in [-0.15, -0.1) is 0 Å². The minimum Gasteiger partial charge on any atom is -0.0877 e. The molecule has 0 heterocycles. The van der Waals surface area contributed by atoms with Crippen LogP contribution in [0.2, 0.25) is 0 Å². The third-order valence-corrected chi connectivity index (χ3v) is 5.52. The maximum atomic E-state index is 3.87. The average Bonchev–Trinajstić information content (AvgIpc) is 2.88. The van der Waals surface area contributed by atoms with Crippen LogP contribution in [-0.4, -0.2) is 4.83 Å². The molecule has 3 rings (SSSR count). The standard InChI is InChI=1S/C13H15Br/c14-12-11-8-4-5-9-13(11,12)10-6-2-1-3-7-10/h1-3,6-7,11-12H,4-5,8-9H2/t11-,12?,13+/m0/s1. The van der Waals surface area contributed by atoms with Crippen molar-refractivity contribution in [3.8, 4) is 0 Å². The summed E-state index contributed by atoms with van der Waals surface area (Å²) in [5.74, 6) is 0.915. The summed E-state index contributed by atoms with van der Waals surface area (Å²) in [4.78, 5) is 0.750. The number of rotatable bonds is 1. The second-order valence-corrected chi connectivity index (χ2v) is 5.65. The topological polar surface area (TPSA) is 0 Å². The first-order valence-electron chi connectivity index (χ1n) is 5.55. The second kappa shape index (κ2) is 3.10. The van der Waals surface area contributed by atoms with Gasteiger partial charge in [-0.2, -0.15) is 0 Å². The van der Waals surface area contributed by atoms with Gasteiger partial charge in [0.1, 0.15) is 0 Å². The SMILES string of the molecule is BrC1[C@@H]2CCCC[C@]12c1ccccc1. The fourth-order valence-corrected chi connectivity index (χ4v) is 4.66. The molecule has 0 saturated heterocycles. The van der Waals surface area contributed by atoms with Crippen molar-refractivity contribution in [1.82, 2.24) is 0 Å². The first-order chi connectivity index (χ1) is 6.86. The Morgan fingerprint density at radius 1 is 1.14 bits per heavy atom. The monoisotopic (exact) mass is 250 g/mol. The summed E-state index contributed by atoms with van der Waals surface area (Å²) < 4.78 is 0. The van der Waals surface area contributed by atoms with E-state index in [2.05, 4.69) is 46.3 Å². The van der Waals surface area contributed by atoms with Crippen molar-refractivity contribution >= 4 is 15.9 Å². The van der Waals surface area contributed by atoms with E-state index in [1.807, 2.05) is 0 Å². The van der Waals surface area contributed by atoms with Crippen molar-refractivity contribution < 1.29 is 0 Å². The summed E-state index contributed by atoms with van der Waals surface area (Å²) in [5.41, 5.74) is 2.08. The first kappa shape index (κ1) is 8.96. The highest BCUT2D eigenvalue weighted by atomic mass is 79.9. The Kier molecular flexibility index (Phi) is 1.98. The number of benzene rings is 1. The number of fused-ring (bicyclic) bond motifs is 1. The highest BCUT2D eigenvalue weighted by Gasteiger charge is 2.64. The van der Waals surface area contributed by atoms with E-state index in [1.165, 1.54) is 25.7 Å². The molecular weight excluding hydrogens is 236 g/mol. The lowest BCUT2D eigenvalue weighted by atomic mass is 9.83. The summed E-state index contributed by atoms with van der Waals surface area (Å²) in [6, 6.07) is 11.1. The van der Waals surface area contributed by atoms with Gasteiger partial charge in [0.15, 0.2) is 0 Å². The largest absolute Gasteiger partial charge is 0.0877 e. The van der Waals surface area contributed by atoms with Gasteiger partial charge in [-0.05, 0) is 24.3 Å². The van der Waals surface area contributed by atoms with Crippen LogP contribution in [0.25, 0.3) is 0 Å². The molecule has 0 N–H and O–H groups in total. The van der Waals surface area contributed by atoms with Gasteiger partial charge >= 0.3 is 0 Å². The van der Waals surface area contributed by atoms with E-state index in [0.29, 0.717) is 5.41 Å². The van der Waals surface area contributed by atoms with Gasteiger partial charge in [-0.25, -0.2) is 0 Å². The molecule has 3 atom stereocenters. The van der Waals surface area contributed by atoms with Gasteiger partial charge in [0.25, 0.3) is 0 Å². The van der Waals surface area contributed by atoms with E-state index in [-0.39, 0.29) is 0 Å². The van der Waals surface area contributed by atoms with E-state index in [0.717, 1.165) is 10.7 Å². The van der Waals surface area contributed by atoms with Crippen molar-refractivity contribution in [2.24, 2.45) is 5.92 Å². The van der Waals surface area contributed by atoms with Crippen molar-refractivity contribution in [2.45, 2.75) is 35.9 Å². The van der Waals surface area contributed by atoms with Crippen LogP contribution in [0, 0.1) is 5.92 Å². The third-order valence-electron chi connectivity index (χ3n) is 4.06. The predicted octanol–water partition coefficient (Wildman–Crippen LogP) is 3.89. The number of hydrogen-bond acceptors (Lipinski definition) is 0. The van der Waals surface area contributed by atoms with E-state index < -0.39 is 0 Å². The van der Waals surface area contributed by atoms with Crippen LogP contribution in [-0.2, 0) is 5.41 Å². The molecule has 1 aromatic carbocycles. The zero-order valence-electron chi connectivity index (χ0n) is 8.25. The van der Waals surface area contributed by atoms with Crippen molar-refractivity contribution in [2.75, 3.05) is 0 Å². The predicted molar refractivity (Wildman–Crippen MR) is 62.8 cm³/mol. The fraction of sp³-hybridized carbons (Fsp3) is 0.538. The highest BCUT2D eigenvalue weighted by Crippen LogP contribution is 2.65. The Bertz CT molecular complexity index is 332. The molecule has 1 aromatic rings. The van der Waals surface area contributed by atoms with E-state index in [4.69, 9.17) is 0 Å². The van der Waals surface area contributed by atoms with Crippen molar-refractivity contribution in [1.29, 1.82) is 0 Å². The van der Waals surface area contributed by atoms with Crippen LogP contribution in [0.1, 0.15) is 31.2 Å². The number of alkyl halides is 1. The van der Waals surface area contributed by atoms with E-state index in [9.17, 15) is 0 Å². The molecule has 1 unspecified atom stereocenters. The minimum absolute atomic E-state index is 0.513. The van der Waals surface area contributed by atoms with E-state index >= 15 is 0 Å². The van der Waals surface area contributed by atoms with Crippen LogP contribution >= 0.6 is 15.9 Å². The minimum atomic E-state index is 0.513. The Labute approximate surface area is 93.8 Å². The molecule has 2 aliphatic rings. The molecule has 2 fully saturated rings. The lowest BCUT2D eigenvalue weighted by Crippen LogP contribution is -2.15. The van der Waals surface area contributed by atoms with Gasteiger partial charge < -0.3 is 0 Å². The van der Waals surface area contributed by atoms with Gasteiger partial charge in [-0.1, -0.05) is 59.1 Å². The summed E-state index contributed by atoms with van der Waals surface area (Å²) in [6.07, 6.45) is 5.65. The molecule has 2 aliphatic carbocycles. The summed E-state index contributed by atoms with van der Waals surface area (Å²) >= 11 is 3.87. The molecule has 1 heteroatoms. The molecule has 0 bridgehead atoms. The van der Waals surface area contributed by atoms with Crippen LogP contribution in [0.5, 0.6) is 0 Å². The van der Waals surface area contributed by atoms with Gasteiger partial charge in [0.05, 0.1) is 0 Å². The Balaban J connectivity index is 1.98. The van der Waals surface area contributed by atoms with Crippen molar-refractivity contribution in [3.05, 3.63) is 35.9 Å². The number of halogens is 1. The number of hydrogen-bond donors (Lipinski definition) is 0.